The summed E-state index contributed by atoms with van der Waals surface area (Å²) in [4.78, 5) is 8.72. The van der Waals surface area contributed by atoms with Gasteiger partial charge in [-0.05, 0) is 50.1 Å². The molecular weight excluding hydrogens is 256 g/mol. The summed E-state index contributed by atoms with van der Waals surface area (Å²) < 4.78 is 0. The van der Waals surface area contributed by atoms with Crippen LogP contribution < -0.4 is 0 Å². The first kappa shape index (κ1) is 15.0. The molecule has 0 aliphatic carbocycles. The van der Waals surface area contributed by atoms with Crippen LogP contribution >= 0.6 is 0 Å². The average molecular weight is 276 g/mol. The van der Waals surface area contributed by atoms with Gasteiger partial charge in [0.25, 0.3) is 0 Å². The Bertz CT molecular complexity index is 691. The predicted octanol–water partition coefficient (Wildman–Crippen LogP) is 5.46. The highest BCUT2D eigenvalue weighted by Gasteiger charge is 2.19. The van der Waals surface area contributed by atoms with Crippen LogP contribution in [0.5, 0.6) is 0 Å². The number of para-hydroxylation sites is 1. The molecule has 0 aromatic heterocycles. The molecule has 0 fully saturated rings. The lowest BCUT2D eigenvalue weighted by atomic mass is 9.92. The van der Waals surface area contributed by atoms with Crippen molar-refractivity contribution in [3.63, 3.8) is 0 Å². The molecule has 0 bridgehead atoms. The van der Waals surface area contributed by atoms with Gasteiger partial charge in [0.15, 0.2) is 0 Å². The molecule has 0 saturated carbocycles. The SMILES string of the molecule is C=C(C)c1cccc(C(C)(C)N=C=Nc2ccccc2)c1. The first-order valence-corrected chi connectivity index (χ1v) is 6.98. The predicted molar refractivity (Wildman–Crippen MR) is 90.1 cm³/mol. The van der Waals surface area contributed by atoms with Crippen molar-refractivity contribution in [1.29, 1.82) is 0 Å². The van der Waals surface area contributed by atoms with Gasteiger partial charge in [0.1, 0.15) is 0 Å². The zero-order valence-corrected chi connectivity index (χ0v) is 12.8. The first-order valence-electron chi connectivity index (χ1n) is 6.98. The molecule has 0 spiro atoms. The third kappa shape index (κ3) is 4.01. The Morgan fingerprint density at radius 2 is 1.76 bits per heavy atom. The van der Waals surface area contributed by atoms with Crippen LogP contribution in [0.3, 0.4) is 0 Å². The molecule has 2 heteroatoms. The van der Waals surface area contributed by atoms with Crippen molar-refractivity contribution in [2.24, 2.45) is 9.98 Å². The van der Waals surface area contributed by atoms with Crippen LogP contribution in [0.1, 0.15) is 31.9 Å². The fourth-order valence-electron chi connectivity index (χ4n) is 1.94. The Morgan fingerprint density at radius 3 is 2.43 bits per heavy atom. The summed E-state index contributed by atoms with van der Waals surface area (Å²) in [5.74, 6) is 0. The van der Waals surface area contributed by atoms with Crippen molar-refractivity contribution >= 4 is 17.3 Å². The van der Waals surface area contributed by atoms with E-state index in [4.69, 9.17) is 0 Å². The first-order chi connectivity index (χ1) is 9.99. The molecule has 0 aliphatic heterocycles. The number of hydrogen-bond acceptors (Lipinski definition) is 2. The van der Waals surface area contributed by atoms with E-state index in [-0.39, 0.29) is 5.54 Å². The van der Waals surface area contributed by atoms with Crippen LogP contribution in [0, 0.1) is 0 Å². The molecular formula is C19H20N2. The van der Waals surface area contributed by atoms with Crippen molar-refractivity contribution in [1.82, 2.24) is 0 Å². The average Bonchev–Trinajstić information content (AvgIpc) is 2.48. The minimum Gasteiger partial charge on any atom is -0.214 e. The number of aliphatic imine (C=N–C) groups is 2. The van der Waals surface area contributed by atoms with E-state index in [2.05, 4.69) is 54.6 Å². The quantitative estimate of drug-likeness (QED) is 0.662. The van der Waals surface area contributed by atoms with E-state index in [9.17, 15) is 0 Å². The topological polar surface area (TPSA) is 24.7 Å². The van der Waals surface area contributed by atoms with Crippen LogP contribution in [-0.4, -0.2) is 6.01 Å². The number of rotatable bonds is 4. The molecule has 2 nitrogen and oxygen atoms in total. The minimum absolute atomic E-state index is 0.371. The Balaban J connectivity index is 2.27. The second kappa shape index (κ2) is 6.34. The molecule has 0 radical (unpaired) electrons. The molecule has 0 heterocycles. The Hall–Kier alpha value is -2.44. The van der Waals surface area contributed by atoms with E-state index in [1.165, 1.54) is 0 Å². The number of allylic oxidation sites excluding steroid dienone is 1. The Morgan fingerprint density at radius 1 is 1.05 bits per heavy atom. The van der Waals surface area contributed by atoms with Gasteiger partial charge >= 0.3 is 0 Å². The van der Waals surface area contributed by atoms with E-state index >= 15 is 0 Å². The molecule has 21 heavy (non-hydrogen) atoms. The van der Waals surface area contributed by atoms with Crippen molar-refractivity contribution in [3.05, 3.63) is 72.3 Å². The van der Waals surface area contributed by atoms with Crippen LogP contribution in [0.15, 0.2) is 71.2 Å². The second-order valence-corrected chi connectivity index (χ2v) is 5.58. The molecule has 2 aromatic carbocycles. The Labute approximate surface area is 126 Å². The van der Waals surface area contributed by atoms with Gasteiger partial charge in [-0.15, -0.1) is 0 Å². The normalized spacial score (nSPS) is 10.6. The summed E-state index contributed by atoms with van der Waals surface area (Å²) in [6.45, 7) is 10.1. The largest absolute Gasteiger partial charge is 0.214 e. The summed E-state index contributed by atoms with van der Waals surface area (Å²) >= 11 is 0. The van der Waals surface area contributed by atoms with Gasteiger partial charge < -0.3 is 0 Å². The van der Waals surface area contributed by atoms with Gasteiger partial charge in [-0.3, -0.25) is 0 Å². The summed E-state index contributed by atoms with van der Waals surface area (Å²) in [5, 5.41) is 0. The highest BCUT2D eigenvalue weighted by atomic mass is 14.9. The highest BCUT2D eigenvalue weighted by Crippen LogP contribution is 2.26. The highest BCUT2D eigenvalue weighted by molar-refractivity contribution is 5.62. The molecule has 0 aliphatic rings. The molecule has 2 aromatic rings. The van der Waals surface area contributed by atoms with Crippen LogP contribution in [0.25, 0.3) is 5.57 Å². The summed E-state index contributed by atoms with van der Waals surface area (Å²) in [7, 11) is 0. The monoisotopic (exact) mass is 276 g/mol. The third-order valence-corrected chi connectivity index (χ3v) is 3.33. The van der Waals surface area contributed by atoms with Gasteiger partial charge in [-0.25, -0.2) is 4.99 Å². The van der Waals surface area contributed by atoms with Gasteiger partial charge in [-0.2, -0.15) is 4.99 Å². The van der Waals surface area contributed by atoms with Crippen molar-refractivity contribution in [3.8, 4) is 0 Å². The minimum atomic E-state index is -0.371. The van der Waals surface area contributed by atoms with Crippen LogP contribution in [-0.2, 0) is 5.54 Å². The van der Waals surface area contributed by atoms with Crippen molar-refractivity contribution in [2.45, 2.75) is 26.3 Å². The maximum Gasteiger partial charge on any atom is 0.0958 e. The fourth-order valence-corrected chi connectivity index (χ4v) is 1.94. The zero-order chi connectivity index (χ0) is 15.3. The lowest BCUT2D eigenvalue weighted by molar-refractivity contribution is 0.561. The van der Waals surface area contributed by atoms with E-state index in [0.29, 0.717) is 0 Å². The zero-order valence-electron chi connectivity index (χ0n) is 12.8. The molecule has 0 saturated heterocycles. The molecule has 2 rings (SSSR count). The number of hydrogen-bond donors (Lipinski definition) is 0. The third-order valence-electron chi connectivity index (χ3n) is 3.33. The molecule has 0 atom stereocenters. The van der Waals surface area contributed by atoms with Gasteiger partial charge in [0.2, 0.25) is 0 Å². The van der Waals surface area contributed by atoms with E-state index < -0.39 is 0 Å². The number of benzene rings is 2. The second-order valence-electron chi connectivity index (χ2n) is 5.58. The standard InChI is InChI=1S/C19H20N2/c1-15(2)16-9-8-10-17(13-16)19(3,4)21-14-20-18-11-6-5-7-12-18/h5-13H,1H2,2-4H3. The van der Waals surface area contributed by atoms with Gasteiger partial charge in [0, 0.05) is 0 Å². The summed E-state index contributed by atoms with van der Waals surface area (Å²) in [6, 6.07) is 20.8. The molecule has 106 valence electrons. The smallest absolute Gasteiger partial charge is 0.0958 e. The fraction of sp³-hybridized carbons (Fsp3) is 0.211. The van der Waals surface area contributed by atoms with E-state index in [0.717, 1.165) is 22.4 Å². The molecule has 0 unspecified atom stereocenters. The maximum absolute atomic E-state index is 4.48. The maximum atomic E-state index is 4.48. The number of nitrogens with zero attached hydrogens (tertiary/aromatic N) is 2. The van der Waals surface area contributed by atoms with Gasteiger partial charge in [0.05, 0.1) is 17.2 Å². The van der Waals surface area contributed by atoms with Crippen LogP contribution in [0.2, 0.25) is 0 Å². The van der Waals surface area contributed by atoms with Crippen molar-refractivity contribution < 1.29 is 0 Å². The van der Waals surface area contributed by atoms with Crippen LogP contribution in [0.4, 0.5) is 5.69 Å². The summed E-state index contributed by atoms with van der Waals surface area (Å²) in [6.07, 6.45) is 0. The van der Waals surface area contributed by atoms with E-state index in [1.807, 2.05) is 43.3 Å². The lowest BCUT2D eigenvalue weighted by Crippen LogP contribution is -2.13. The molecule has 0 amide bonds. The van der Waals surface area contributed by atoms with Gasteiger partial charge in [-0.1, -0.05) is 48.6 Å². The lowest BCUT2D eigenvalue weighted by Gasteiger charge is -2.19. The van der Waals surface area contributed by atoms with E-state index in [1.54, 1.807) is 0 Å². The Kier molecular flexibility index (Phi) is 4.52. The van der Waals surface area contributed by atoms with Crippen molar-refractivity contribution in [2.75, 3.05) is 0 Å². The molecule has 0 N–H and O–H groups in total. The summed E-state index contributed by atoms with van der Waals surface area (Å²) in [5.41, 5.74) is 3.79.